The summed E-state index contributed by atoms with van der Waals surface area (Å²) in [6.07, 6.45) is 40.1. The van der Waals surface area contributed by atoms with E-state index in [1.807, 2.05) is 0 Å². The molecule has 0 aromatic heterocycles. The molecule has 0 fully saturated rings. The van der Waals surface area contributed by atoms with Crippen LogP contribution in [0.3, 0.4) is 0 Å². The van der Waals surface area contributed by atoms with Crippen molar-refractivity contribution in [2.24, 2.45) is 0 Å². The van der Waals surface area contributed by atoms with Gasteiger partial charge in [-0.1, -0.05) is 180 Å². The number of aliphatic hydroxyl groups is 1. The second kappa shape index (κ2) is 34.0. The highest BCUT2D eigenvalue weighted by atomic mass is 32.2. The van der Waals surface area contributed by atoms with E-state index in [4.69, 9.17) is 0 Å². The molecule has 0 aromatic carbocycles. The van der Waals surface area contributed by atoms with Crippen molar-refractivity contribution in [3.05, 3.63) is 12.2 Å². The fraction of sp³-hybridized carbons (Fsp3) is 0.923. The molecule has 0 aliphatic rings. The van der Waals surface area contributed by atoms with E-state index < -0.39 is 28.0 Å². The maximum absolute atomic E-state index is 12.5. The molecule has 0 spiro atoms. The zero-order chi connectivity index (χ0) is 34.0. The van der Waals surface area contributed by atoms with Crippen molar-refractivity contribution in [3.63, 3.8) is 0 Å². The number of amides is 1. The van der Waals surface area contributed by atoms with E-state index in [-0.39, 0.29) is 5.91 Å². The Morgan fingerprint density at radius 1 is 0.565 bits per heavy atom. The highest BCUT2D eigenvalue weighted by Crippen LogP contribution is 2.16. The zero-order valence-electron chi connectivity index (χ0n) is 30.5. The Labute approximate surface area is 286 Å². The number of unbranched alkanes of at least 4 members (excludes halogenated alkanes) is 26. The molecule has 0 bridgehead atoms. The van der Waals surface area contributed by atoms with Crippen molar-refractivity contribution in [1.82, 2.24) is 5.32 Å². The molecule has 274 valence electrons. The van der Waals surface area contributed by atoms with Crippen molar-refractivity contribution in [1.29, 1.82) is 0 Å². The third-order valence-corrected chi connectivity index (χ3v) is 10.0. The molecule has 2 atom stereocenters. The standard InChI is InChI=1S/C39H77NO5S/c1-3-5-7-9-11-13-15-17-18-19-20-21-23-24-26-28-30-32-34-38(41)37(36-46(43,44)45)40-39(42)35-33-31-29-27-25-22-16-14-12-10-8-6-4-2/h14,16,37-38,41H,3-13,15,17-36H2,1-2H3,(H,40,42)(H,43,44,45)/b16-14-. The number of rotatable bonds is 36. The summed E-state index contributed by atoms with van der Waals surface area (Å²) in [5, 5.41) is 13.3. The Hall–Kier alpha value is -0.920. The lowest BCUT2D eigenvalue weighted by Crippen LogP contribution is -2.47. The Bertz CT molecular complexity index is 785. The maximum Gasteiger partial charge on any atom is 0.266 e. The van der Waals surface area contributed by atoms with Crippen LogP contribution in [0.15, 0.2) is 12.2 Å². The highest BCUT2D eigenvalue weighted by molar-refractivity contribution is 7.85. The summed E-state index contributed by atoms with van der Waals surface area (Å²) >= 11 is 0. The molecule has 6 nitrogen and oxygen atoms in total. The van der Waals surface area contributed by atoms with Crippen LogP contribution in [0.4, 0.5) is 0 Å². The normalized spacial score (nSPS) is 13.4. The quantitative estimate of drug-likeness (QED) is 0.0349. The van der Waals surface area contributed by atoms with Crippen LogP contribution < -0.4 is 5.32 Å². The van der Waals surface area contributed by atoms with Crippen LogP contribution in [-0.4, -0.2) is 41.9 Å². The van der Waals surface area contributed by atoms with Crippen molar-refractivity contribution < 1.29 is 22.9 Å². The smallest absolute Gasteiger partial charge is 0.266 e. The Balaban J connectivity index is 3.86. The summed E-state index contributed by atoms with van der Waals surface area (Å²) in [6.45, 7) is 4.50. The van der Waals surface area contributed by atoms with Gasteiger partial charge in [-0.25, -0.2) is 0 Å². The SMILES string of the molecule is CCCCCC/C=C\CCCCCCCC(=O)NC(CS(=O)(=O)O)C(O)CCCCCCCCCCCCCCCCCCCC. The predicted octanol–water partition coefficient (Wildman–Crippen LogP) is 11.4. The largest absolute Gasteiger partial charge is 0.391 e. The first-order valence-electron chi connectivity index (χ1n) is 19.9. The lowest BCUT2D eigenvalue weighted by molar-refractivity contribution is -0.122. The molecule has 1 amide bonds. The van der Waals surface area contributed by atoms with Crippen LogP contribution >= 0.6 is 0 Å². The number of nitrogens with one attached hydrogen (secondary N) is 1. The lowest BCUT2D eigenvalue weighted by Gasteiger charge is -2.23. The minimum atomic E-state index is -4.31. The number of carbonyl (C=O) groups is 1. The first-order chi connectivity index (χ1) is 22.3. The van der Waals surface area contributed by atoms with Gasteiger partial charge in [0.1, 0.15) is 0 Å². The van der Waals surface area contributed by atoms with Crippen molar-refractivity contribution in [2.45, 2.75) is 225 Å². The molecule has 0 aliphatic heterocycles. The summed E-state index contributed by atoms with van der Waals surface area (Å²) in [5.74, 6) is -0.901. The van der Waals surface area contributed by atoms with Crippen LogP contribution in [0.5, 0.6) is 0 Å². The van der Waals surface area contributed by atoms with Gasteiger partial charge in [0.15, 0.2) is 0 Å². The van der Waals surface area contributed by atoms with Crippen LogP contribution in [0.1, 0.15) is 213 Å². The molecule has 0 rings (SSSR count). The van der Waals surface area contributed by atoms with E-state index in [1.54, 1.807) is 0 Å². The summed E-state index contributed by atoms with van der Waals surface area (Å²) in [6, 6.07) is -0.970. The molecule has 0 heterocycles. The Kier molecular flexibility index (Phi) is 33.3. The van der Waals surface area contributed by atoms with Crippen molar-refractivity contribution in [2.75, 3.05) is 5.75 Å². The van der Waals surface area contributed by atoms with Gasteiger partial charge >= 0.3 is 0 Å². The van der Waals surface area contributed by atoms with Crippen molar-refractivity contribution in [3.8, 4) is 0 Å². The minimum Gasteiger partial charge on any atom is -0.391 e. The van der Waals surface area contributed by atoms with Crippen LogP contribution in [0.2, 0.25) is 0 Å². The average molecular weight is 672 g/mol. The van der Waals surface area contributed by atoms with Gasteiger partial charge in [-0.15, -0.1) is 0 Å². The van der Waals surface area contributed by atoms with Gasteiger partial charge in [-0.3, -0.25) is 9.35 Å². The van der Waals surface area contributed by atoms with E-state index in [1.165, 1.54) is 135 Å². The number of carbonyl (C=O) groups excluding carboxylic acids is 1. The minimum absolute atomic E-state index is 0.253. The monoisotopic (exact) mass is 672 g/mol. The third kappa shape index (κ3) is 34.4. The molecule has 0 saturated carbocycles. The van der Waals surface area contributed by atoms with Gasteiger partial charge in [0, 0.05) is 6.42 Å². The summed E-state index contributed by atoms with van der Waals surface area (Å²) in [4.78, 5) is 12.5. The molecule has 46 heavy (non-hydrogen) atoms. The zero-order valence-corrected chi connectivity index (χ0v) is 31.3. The lowest BCUT2D eigenvalue weighted by atomic mass is 10.0. The first-order valence-corrected chi connectivity index (χ1v) is 21.5. The molecule has 0 aromatic rings. The van der Waals surface area contributed by atoms with Gasteiger partial charge in [0.25, 0.3) is 10.1 Å². The molecule has 0 radical (unpaired) electrons. The van der Waals surface area contributed by atoms with E-state index in [9.17, 15) is 22.9 Å². The van der Waals surface area contributed by atoms with Crippen LogP contribution in [0, 0.1) is 0 Å². The van der Waals surface area contributed by atoms with Gasteiger partial charge in [-0.05, 0) is 38.5 Å². The highest BCUT2D eigenvalue weighted by Gasteiger charge is 2.26. The second-order valence-corrected chi connectivity index (χ2v) is 15.4. The number of allylic oxidation sites excluding steroid dienone is 2. The van der Waals surface area contributed by atoms with Crippen molar-refractivity contribution >= 4 is 16.0 Å². The summed E-state index contributed by atoms with van der Waals surface area (Å²) in [5.41, 5.74) is 0. The molecule has 7 heteroatoms. The molecule has 0 saturated heterocycles. The third-order valence-electron chi connectivity index (χ3n) is 9.22. The average Bonchev–Trinajstić information content (AvgIpc) is 3.01. The topological polar surface area (TPSA) is 104 Å². The van der Waals surface area contributed by atoms with E-state index in [0.717, 1.165) is 51.4 Å². The van der Waals surface area contributed by atoms with Gasteiger partial charge < -0.3 is 10.4 Å². The van der Waals surface area contributed by atoms with Gasteiger partial charge in [0.05, 0.1) is 17.9 Å². The van der Waals surface area contributed by atoms with Crippen LogP contribution in [0.25, 0.3) is 0 Å². The van der Waals surface area contributed by atoms with Gasteiger partial charge in [-0.2, -0.15) is 8.42 Å². The van der Waals surface area contributed by atoms with Gasteiger partial charge in [0.2, 0.25) is 5.91 Å². The fourth-order valence-electron chi connectivity index (χ4n) is 6.21. The summed E-state index contributed by atoms with van der Waals surface area (Å²) in [7, 11) is -4.31. The Morgan fingerprint density at radius 3 is 1.33 bits per heavy atom. The first kappa shape index (κ1) is 45.1. The molecule has 0 aliphatic carbocycles. The number of hydrogen-bond acceptors (Lipinski definition) is 4. The van der Waals surface area contributed by atoms with E-state index >= 15 is 0 Å². The molecular weight excluding hydrogens is 594 g/mol. The molecular formula is C39H77NO5S. The second-order valence-electron chi connectivity index (χ2n) is 13.9. The predicted molar refractivity (Wildman–Crippen MR) is 198 cm³/mol. The van der Waals surface area contributed by atoms with Crippen LogP contribution in [-0.2, 0) is 14.9 Å². The maximum atomic E-state index is 12.5. The number of hydrogen-bond donors (Lipinski definition) is 3. The Morgan fingerprint density at radius 2 is 0.913 bits per heavy atom. The molecule has 3 N–H and O–H groups in total. The molecule has 2 unspecified atom stereocenters. The number of aliphatic hydroxyl groups excluding tert-OH is 1. The van der Waals surface area contributed by atoms with E-state index in [0.29, 0.717) is 12.8 Å². The summed E-state index contributed by atoms with van der Waals surface area (Å²) < 4.78 is 32.5. The van der Waals surface area contributed by atoms with E-state index in [2.05, 4.69) is 31.3 Å². The fourth-order valence-corrected chi connectivity index (χ4v) is 6.97.